The van der Waals surface area contributed by atoms with E-state index in [2.05, 4.69) is 12.2 Å². The summed E-state index contributed by atoms with van der Waals surface area (Å²) in [4.78, 5) is 33.6. The fourth-order valence-corrected chi connectivity index (χ4v) is 5.55. The van der Waals surface area contributed by atoms with Crippen molar-refractivity contribution in [1.29, 1.82) is 0 Å². The first-order valence-corrected chi connectivity index (χ1v) is 14.3. The van der Waals surface area contributed by atoms with E-state index in [1.165, 1.54) is 41.8 Å². The van der Waals surface area contributed by atoms with Gasteiger partial charge in [-0.25, -0.2) is 4.98 Å². The summed E-state index contributed by atoms with van der Waals surface area (Å²) in [5, 5.41) is 3.37. The van der Waals surface area contributed by atoms with Gasteiger partial charge >= 0.3 is 0 Å². The standard InChI is InChI=1S/C29H34N4O3S2/c1-4-5-6-7-8-9-16-30-26-23(27(34)32-18-20(2)10-15-25(32)31-26)17-24-28(35)33(29(37)38-24)19-21-11-13-22(36-3)14-12-21/h10-15,17-18,30H,4-9,16,19H2,1-3H3. The highest BCUT2D eigenvalue weighted by Crippen LogP contribution is 2.34. The van der Waals surface area contributed by atoms with Crippen molar-refractivity contribution in [1.82, 2.24) is 14.3 Å². The van der Waals surface area contributed by atoms with Gasteiger partial charge in [0.15, 0.2) is 0 Å². The van der Waals surface area contributed by atoms with Gasteiger partial charge in [0, 0.05) is 12.7 Å². The Kier molecular flexibility index (Phi) is 9.58. The second kappa shape index (κ2) is 13.1. The van der Waals surface area contributed by atoms with Gasteiger partial charge in [0.2, 0.25) is 0 Å². The van der Waals surface area contributed by atoms with Crippen LogP contribution in [0.3, 0.4) is 0 Å². The van der Waals surface area contributed by atoms with Crippen molar-refractivity contribution in [2.75, 3.05) is 19.0 Å². The van der Waals surface area contributed by atoms with Gasteiger partial charge in [-0.1, -0.05) is 81.2 Å². The highest BCUT2D eigenvalue weighted by molar-refractivity contribution is 8.26. The number of ether oxygens (including phenoxy) is 1. The minimum atomic E-state index is -0.218. The third-order valence-electron chi connectivity index (χ3n) is 6.48. The first-order chi connectivity index (χ1) is 18.4. The van der Waals surface area contributed by atoms with Gasteiger partial charge in [-0.15, -0.1) is 0 Å². The minimum absolute atomic E-state index is 0.216. The zero-order chi connectivity index (χ0) is 27.1. The summed E-state index contributed by atoms with van der Waals surface area (Å²) in [6.07, 6.45) is 10.5. The maximum Gasteiger partial charge on any atom is 0.267 e. The van der Waals surface area contributed by atoms with Crippen molar-refractivity contribution in [3.8, 4) is 5.75 Å². The number of nitrogens with one attached hydrogen (secondary N) is 1. The summed E-state index contributed by atoms with van der Waals surface area (Å²) < 4.78 is 7.22. The number of fused-ring (bicyclic) bond motifs is 1. The van der Waals surface area contributed by atoms with Crippen molar-refractivity contribution in [2.24, 2.45) is 0 Å². The molecule has 0 radical (unpaired) electrons. The van der Waals surface area contributed by atoms with Crippen molar-refractivity contribution in [3.05, 3.63) is 74.5 Å². The van der Waals surface area contributed by atoms with E-state index in [1.54, 1.807) is 24.3 Å². The van der Waals surface area contributed by atoms with E-state index in [4.69, 9.17) is 21.9 Å². The number of pyridine rings is 1. The van der Waals surface area contributed by atoms with Crippen LogP contribution in [0.1, 0.15) is 62.1 Å². The topological polar surface area (TPSA) is 75.9 Å². The van der Waals surface area contributed by atoms with Gasteiger partial charge in [-0.3, -0.25) is 18.9 Å². The molecule has 2 aromatic heterocycles. The molecule has 200 valence electrons. The van der Waals surface area contributed by atoms with E-state index in [-0.39, 0.29) is 11.5 Å². The van der Waals surface area contributed by atoms with E-state index in [9.17, 15) is 9.59 Å². The molecule has 0 spiro atoms. The monoisotopic (exact) mass is 550 g/mol. The third-order valence-corrected chi connectivity index (χ3v) is 7.85. The lowest BCUT2D eigenvalue weighted by Gasteiger charge is -2.15. The molecule has 0 unspecified atom stereocenters. The number of amides is 1. The van der Waals surface area contributed by atoms with Crippen LogP contribution < -0.4 is 15.6 Å². The number of unbranched alkanes of at least 4 members (excludes halogenated alkanes) is 5. The van der Waals surface area contributed by atoms with Crippen LogP contribution in [0, 0.1) is 6.92 Å². The number of carbonyl (C=O) groups excluding carboxylic acids is 1. The largest absolute Gasteiger partial charge is 0.497 e. The molecule has 3 heterocycles. The Labute approximate surface area is 233 Å². The first kappa shape index (κ1) is 27.9. The van der Waals surface area contributed by atoms with Crippen molar-refractivity contribution in [3.63, 3.8) is 0 Å². The second-order valence-electron chi connectivity index (χ2n) is 9.42. The molecule has 0 atom stereocenters. The SMILES string of the molecule is CCCCCCCCNc1nc2ccc(C)cn2c(=O)c1C=C1SC(=S)N(Cc2ccc(OC)cc2)C1=O. The van der Waals surface area contributed by atoms with Gasteiger partial charge in [0.05, 0.1) is 24.1 Å². The van der Waals surface area contributed by atoms with Crippen LogP contribution in [-0.4, -0.2) is 38.2 Å². The van der Waals surface area contributed by atoms with Gasteiger partial charge in [-0.2, -0.15) is 0 Å². The number of aromatic nitrogens is 2. The summed E-state index contributed by atoms with van der Waals surface area (Å²) in [7, 11) is 1.62. The summed E-state index contributed by atoms with van der Waals surface area (Å²) in [5.41, 5.74) is 2.60. The Bertz CT molecular complexity index is 1400. The van der Waals surface area contributed by atoms with Gasteiger partial charge in [-0.05, 0) is 48.7 Å². The molecular formula is C29H34N4O3S2. The Morgan fingerprint density at radius 3 is 2.53 bits per heavy atom. The summed E-state index contributed by atoms with van der Waals surface area (Å²) >= 11 is 6.75. The van der Waals surface area contributed by atoms with E-state index in [0.29, 0.717) is 39.3 Å². The van der Waals surface area contributed by atoms with E-state index < -0.39 is 0 Å². The highest BCUT2D eigenvalue weighted by Gasteiger charge is 2.32. The number of rotatable bonds is 12. The number of thiocarbonyl (C=S) groups is 1. The molecular weight excluding hydrogens is 516 g/mol. The Balaban J connectivity index is 1.59. The fraction of sp³-hybridized carbons (Fsp3) is 0.379. The minimum Gasteiger partial charge on any atom is -0.497 e. The van der Waals surface area contributed by atoms with Crippen LogP contribution in [-0.2, 0) is 11.3 Å². The van der Waals surface area contributed by atoms with Crippen LogP contribution in [0.5, 0.6) is 5.75 Å². The predicted octanol–water partition coefficient (Wildman–Crippen LogP) is 6.19. The zero-order valence-electron chi connectivity index (χ0n) is 22.2. The first-order valence-electron chi connectivity index (χ1n) is 13.1. The molecule has 38 heavy (non-hydrogen) atoms. The number of methoxy groups -OCH3 is 1. The van der Waals surface area contributed by atoms with Crippen LogP contribution in [0.15, 0.2) is 52.3 Å². The number of aryl methyl sites for hydroxylation is 1. The Hall–Kier alpha value is -3.17. The summed E-state index contributed by atoms with van der Waals surface area (Å²) in [6, 6.07) is 11.3. The Morgan fingerprint density at radius 2 is 1.79 bits per heavy atom. The summed E-state index contributed by atoms with van der Waals surface area (Å²) in [5.74, 6) is 1.03. The second-order valence-corrected chi connectivity index (χ2v) is 11.1. The molecule has 0 bridgehead atoms. The predicted molar refractivity (Wildman–Crippen MR) is 160 cm³/mol. The van der Waals surface area contributed by atoms with Crippen LogP contribution in [0.4, 0.5) is 5.82 Å². The number of hydrogen-bond donors (Lipinski definition) is 1. The molecule has 1 saturated heterocycles. The maximum atomic E-state index is 13.6. The molecule has 1 aromatic carbocycles. The molecule has 0 saturated carbocycles. The molecule has 4 rings (SSSR count). The number of hydrogen-bond acceptors (Lipinski definition) is 7. The zero-order valence-corrected chi connectivity index (χ0v) is 23.8. The van der Waals surface area contributed by atoms with Gasteiger partial charge in [0.25, 0.3) is 11.5 Å². The average molecular weight is 551 g/mol. The van der Waals surface area contributed by atoms with Crippen LogP contribution in [0.25, 0.3) is 11.7 Å². The van der Waals surface area contributed by atoms with Crippen LogP contribution >= 0.6 is 24.0 Å². The van der Waals surface area contributed by atoms with Crippen molar-refractivity contribution in [2.45, 2.75) is 58.9 Å². The number of thioether (sulfide) groups is 1. The van der Waals surface area contributed by atoms with Crippen molar-refractivity contribution >= 4 is 51.7 Å². The number of anilines is 1. The molecule has 1 aliphatic rings. The average Bonchev–Trinajstić information content (AvgIpc) is 3.18. The Morgan fingerprint density at radius 1 is 1.05 bits per heavy atom. The molecule has 0 aliphatic carbocycles. The van der Waals surface area contributed by atoms with Crippen LogP contribution in [0.2, 0.25) is 0 Å². The lowest BCUT2D eigenvalue weighted by molar-refractivity contribution is -0.122. The molecule has 1 N–H and O–H groups in total. The quantitative estimate of drug-likeness (QED) is 0.164. The number of carbonyl (C=O) groups is 1. The van der Waals surface area contributed by atoms with E-state index >= 15 is 0 Å². The highest BCUT2D eigenvalue weighted by atomic mass is 32.2. The smallest absolute Gasteiger partial charge is 0.267 e. The lowest BCUT2D eigenvalue weighted by Crippen LogP contribution is -2.27. The maximum absolute atomic E-state index is 13.6. The fourth-order valence-electron chi connectivity index (χ4n) is 4.32. The third kappa shape index (κ3) is 6.63. The molecule has 1 fully saturated rings. The number of nitrogens with zero attached hydrogens (tertiary/aromatic N) is 3. The molecule has 3 aromatic rings. The normalized spacial score (nSPS) is 14.6. The molecule has 9 heteroatoms. The van der Waals surface area contributed by atoms with E-state index in [1.807, 2.05) is 43.3 Å². The van der Waals surface area contributed by atoms with Crippen molar-refractivity contribution < 1.29 is 9.53 Å². The summed E-state index contributed by atoms with van der Waals surface area (Å²) in [6.45, 7) is 5.20. The number of benzene rings is 1. The molecule has 1 aliphatic heterocycles. The van der Waals surface area contributed by atoms with E-state index in [0.717, 1.165) is 29.7 Å². The van der Waals surface area contributed by atoms with Gasteiger partial charge in [0.1, 0.15) is 21.5 Å². The lowest BCUT2D eigenvalue weighted by atomic mass is 10.1. The molecule has 1 amide bonds. The van der Waals surface area contributed by atoms with Gasteiger partial charge < -0.3 is 10.1 Å². The molecule has 7 nitrogen and oxygen atoms in total.